The lowest BCUT2D eigenvalue weighted by Gasteiger charge is -2.20. The Hall–Kier alpha value is -1.39. The molecule has 3 N–H and O–H groups in total. The predicted molar refractivity (Wildman–Crippen MR) is 78.3 cm³/mol. The zero-order chi connectivity index (χ0) is 13.0. The van der Waals surface area contributed by atoms with Crippen molar-refractivity contribution < 1.29 is 0 Å². The Labute approximate surface area is 116 Å². The molecule has 0 fully saturated rings. The molecule has 2 rings (SSSR count). The van der Waals surface area contributed by atoms with Crippen molar-refractivity contribution in [3.63, 3.8) is 0 Å². The average Bonchev–Trinajstić information content (AvgIpc) is 2.37. The molecule has 0 aliphatic carbocycles. The maximum Gasteiger partial charge on any atom is 0.0612 e. The SMILES string of the molecule is CCNC(c1cccc(Br)c1)c1cnccc1N. The number of nitrogen functional groups attached to an aromatic ring is 1. The molecule has 1 unspecified atom stereocenters. The molecule has 1 atom stereocenters. The first-order valence-corrected chi connectivity index (χ1v) is 6.70. The summed E-state index contributed by atoms with van der Waals surface area (Å²) in [7, 11) is 0. The van der Waals surface area contributed by atoms with Crippen molar-refractivity contribution in [1.82, 2.24) is 10.3 Å². The summed E-state index contributed by atoms with van der Waals surface area (Å²) in [6.45, 7) is 2.95. The Balaban J connectivity index is 2.43. The van der Waals surface area contributed by atoms with Gasteiger partial charge in [-0.05, 0) is 30.3 Å². The number of hydrogen-bond donors (Lipinski definition) is 2. The fraction of sp³-hybridized carbons (Fsp3) is 0.214. The Kier molecular flexibility index (Phi) is 4.33. The van der Waals surface area contributed by atoms with Crippen molar-refractivity contribution >= 4 is 21.6 Å². The maximum atomic E-state index is 6.04. The van der Waals surface area contributed by atoms with E-state index in [2.05, 4.69) is 45.3 Å². The first kappa shape index (κ1) is 13.1. The molecule has 0 saturated carbocycles. The van der Waals surface area contributed by atoms with E-state index in [0.29, 0.717) is 0 Å². The molecule has 4 heteroatoms. The third-order valence-corrected chi connectivity index (χ3v) is 3.28. The number of benzene rings is 1. The third-order valence-electron chi connectivity index (χ3n) is 2.79. The molecule has 0 aliphatic heterocycles. The van der Waals surface area contributed by atoms with Crippen LogP contribution in [-0.2, 0) is 0 Å². The van der Waals surface area contributed by atoms with E-state index in [-0.39, 0.29) is 6.04 Å². The molecule has 0 spiro atoms. The van der Waals surface area contributed by atoms with Gasteiger partial charge in [0.2, 0.25) is 0 Å². The molecule has 0 aliphatic rings. The Morgan fingerprint density at radius 1 is 1.39 bits per heavy atom. The van der Waals surface area contributed by atoms with Gasteiger partial charge in [0, 0.05) is 28.1 Å². The van der Waals surface area contributed by atoms with Gasteiger partial charge in [-0.3, -0.25) is 4.98 Å². The fourth-order valence-electron chi connectivity index (χ4n) is 1.96. The molecule has 0 amide bonds. The van der Waals surface area contributed by atoms with Crippen molar-refractivity contribution in [1.29, 1.82) is 0 Å². The van der Waals surface area contributed by atoms with Gasteiger partial charge in [0.15, 0.2) is 0 Å². The van der Waals surface area contributed by atoms with Gasteiger partial charge in [0.1, 0.15) is 0 Å². The number of halogens is 1. The minimum atomic E-state index is 0.0706. The second-order valence-electron chi connectivity index (χ2n) is 4.05. The van der Waals surface area contributed by atoms with Crippen LogP contribution in [0.25, 0.3) is 0 Å². The van der Waals surface area contributed by atoms with Gasteiger partial charge in [-0.2, -0.15) is 0 Å². The highest BCUT2D eigenvalue weighted by atomic mass is 79.9. The Morgan fingerprint density at radius 2 is 2.22 bits per heavy atom. The smallest absolute Gasteiger partial charge is 0.0612 e. The zero-order valence-corrected chi connectivity index (χ0v) is 11.8. The summed E-state index contributed by atoms with van der Waals surface area (Å²) in [4.78, 5) is 4.16. The molecule has 0 saturated heterocycles. The Morgan fingerprint density at radius 3 is 2.89 bits per heavy atom. The summed E-state index contributed by atoms with van der Waals surface area (Å²) in [5.74, 6) is 0. The van der Waals surface area contributed by atoms with E-state index in [1.54, 1.807) is 6.20 Å². The predicted octanol–water partition coefficient (Wildman–Crippen LogP) is 3.13. The second kappa shape index (κ2) is 5.98. The molecule has 18 heavy (non-hydrogen) atoms. The van der Waals surface area contributed by atoms with Gasteiger partial charge in [0.05, 0.1) is 6.04 Å². The Bertz CT molecular complexity index is 528. The average molecular weight is 306 g/mol. The van der Waals surface area contributed by atoms with Crippen molar-refractivity contribution in [2.24, 2.45) is 0 Å². The zero-order valence-electron chi connectivity index (χ0n) is 10.2. The summed E-state index contributed by atoms with van der Waals surface area (Å²) in [6.07, 6.45) is 3.53. The number of nitrogens with two attached hydrogens (primary N) is 1. The van der Waals surface area contributed by atoms with Crippen LogP contribution < -0.4 is 11.1 Å². The number of pyridine rings is 1. The van der Waals surface area contributed by atoms with Crippen molar-refractivity contribution in [3.8, 4) is 0 Å². The van der Waals surface area contributed by atoms with E-state index in [4.69, 9.17) is 5.73 Å². The molecule has 3 nitrogen and oxygen atoms in total. The molecule has 1 aromatic carbocycles. The number of aromatic nitrogens is 1. The van der Waals surface area contributed by atoms with Crippen LogP contribution in [0.2, 0.25) is 0 Å². The monoisotopic (exact) mass is 305 g/mol. The largest absolute Gasteiger partial charge is 0.398 e. The maximum absolute atomic E-state index is 6.04. The van der Waals surface area contributed by atoms with Crippen LogP contribution in [0.15, 0.2) is 47.2 Å². The molecule has 1 heterocycles. The molecule has 0 radical (unpaired) electrons. The van der Waals surface area contributed by atoms with E-state index in [9.17, 15) is 0 Å². The second-order valence-corrected chi connectivity index (χ2v) is 4.97. The minimum Gasteiger partial charge on any atom is -0.398 e. The van der Waals surface area contributed by atoms with E-state index >= 15 is 0 Å². The minimum absolute atomic E-state index is 0.0706. The van der Waals surface area contributed by atoms with Crippen LogP contribution in [-0.4, -0.2) is 11.5 Å². The van der Waals surface area contributed by atoms with Gasteiger partial charge in [-0.25, -0.2) is 0 Å². The van der Waals surface area contributed by atoms with Gasteiger partial charge < -0.3 is 11.1 Å². The molecular weight excluding hydrogens is 290 g/mol. The lowest BCUT2D eigenvalue weighted by atomic mass is 9.99. The molecule has 94 valence electrons. The summed E-state index contributed by atoms with van der Waals surface area (Å²) >= 11 is 3.50. The number of anilines is 1. The van der Waals surface area contributed by atoms with Crippen LogP contribution >= 0.6 is 15.9 Å². The standard InChI is InChI=1S/C14H16BrN3/c1-2-18-14(10-4-3-5-11(15)8-10)12-9-17-7-6-13(12)16/h3-9,14,18H,2H2,1H3,(H2,16,17). The van der Waals surface area contributed by atoms with Crippen LogP contribution in [0.4, 0.5) is 5.69 Å². The first-order chi connectivity index (χ1) is 8.72. The quantitative estimate of drug-likeness (QED) is 0.912. The van der Waals surface area contributed by atoms with Crippen molar-refractivity contribution in [3.05, 3.63) is 58.3 Å². The molecule has 0 bridgehead atoms. The highest BCUT2D eigenvalue weighted by Crippen LogP contribution is 2.27. The van der Waals surface area contributed by atoms with Crippen molar-refractivity contribution in [2.45, 2.75) is 13.0 Å². The summed E-state index contributed by atoms with van der Waals surface area (Å²) < 4.78 is 1.06. The first-order valence-electron chi connectivity index (χ1n) is 5.90. The van der Waals surface area contributed by atoms with E-state index in [1.807, 2.05) is 24.4 Å². The van der Waals surface area contributed by atoms with Crippen LogP contribution in [0.3, 0.4) is 0 Å². The molecule has 2 aromatic rings. The molecular formula is C14H16BrN3. The summed E-state index contributed by atoms with van der Waals surface area (Å²) in [6, 6.07) is 10.1. The summed E-state index contributed by atoms with van der Waals surface area (Å²) in [5, 5.41) is 3.44. The number of rotatable bonds is 4. The summed E-state index contributed by atoms with van der Waals surface area (Å²) in [5.41, 5.74) is 8.98. The normalized spacial score (nSPS) is 12.3. The lowest BCUT2D eigenvalue weighted by molar-refractivity contribution is 0.630. The van der Waals surface area contributed by atoms with Gasteiger partial charge >= 0.3 is 0 Å². The van der Waals surface area contributed by atoms with Gasteiger partial charge in [-0.15, -0.1) is 0 Å². The van der Waals surface area contributed by atoms with Crippen LogP contribution in [0.1, 0.15) is 24.1 Å². The van der Waals surface area contributed by atoms with Crippen LogP contribution in [0.5, 0.6) is 0 Å². The van der Waals surface area contributed by atoms with E-state index in [0.717, 1.165) is 22.3 Å². The van der Waals surface area contributed by atoms with E-state index in [1.165, 1.54) is 5.56 Å². The highest BCUT2D eigenvalue weighted by molar-refractivity contribution is 9.10. The topological polar surface area (TPSA) is 50.9 Å². The van der Waals surface area contributed by atoms with Crippen molar-refractivity contribution in [2.75, 3.05) is 12.3 Å². The van der Waals surface area contributed by atoms with Gasteiger partial charge in [-0.1, -0.05) is 35.0 Å². The number of nitrogens with zero attached hydrogens (tertiary/aromatic N) is 1. The molecule has 1 aromatic heterocycles. The van der Waals surface area contributed by atoms with Crippen LogP contribution in [0, 0.1) is 0 Å². The third kappa shape index (κ3) is 2.89. The number of hydrogen-bond acceptors (Lipinski definition) is 3. The fourth-order valence-corrected chi connectivity index (χ4v) is 2.37. The highest BCUT2D eigenvalue weighted by Gasteiger charge is 2.15. The van der Waals surface area contributed by atoms with E-state index < -0.39 is 0 Å². The lowest BCUT2D eigenvalue weighted by Crippen LogP contribution is -2.23. The van der Waals surface area contributed by atoms with Gasteiger partial charge in [0.25, 0.3) is 0 Å². The number of nitrogens with one attached hydrogen (secondary N) is 1.